The zero-order chi connectivity index (χ0) is 58.5. The zero-order valence-electron chi connectivity index (χ0n) is 47.4. The molecule has 1 aliphatic heterocycles. The number of aromatic hydroxyl groups is 1. The Bertz CT molecular complexity index is 2890. The first-order valence-corrected chi connectivity index (χ1v) is 26.4. The van der Waals surface area contributed by atoms with Crippen LogP contribution in [0.5, 0.6) is 5.75 Å². The van der Waals surface area contributed by atoms with Crippen LogP contribution in [0, 0.1) is 0 Å². The van der Waals surface area contributed by atoms with Crippen LogP contribution < -0.4 is 37.4 Å². The van der Waals surface area contributed by atoms with Gasteiger partial charge < -0.3 is 66.2 Å². The van der Waals surface area contributed by atoms with Crippen molar-refractivity contribution in [2.24, 2.45) is 7.05 Å². The Balaban J connectivity index is 0.000000386. The van der Waals surface area contributed by atoms with Crippen LogP contribution in [-0.2, 0) is 29.7 Å². The third kappa shape index (κ3) is 18.3. The maximum Gasteiger partial charge on any atom is 0.267 e. The van der Waals surface area contributed by atoms with E-state index in [1.54, 1.807) is 12.1 Å². The molecule has 4 aromatic carbocycles. The number of hydrogen-bond acceptors (Lipinski definition) is 15. The van der Waals surface area contributed by atoms with Gasteiger partial charge in [-0.25, -0.2) is 0 Å². The van der Waals surface area contributed by atoms with Gasteiger partial charge in [0.25, 0.3) is 22.7 Å². The number of allylic oxidation sites excluding steroid dienone is 4. The van der Waals surface area contributed by atoms with Gasteiger partial charge in [-0.3, -0.25) is 24.0 Å². The molecule has 1 fully saturated rings. The molecule has 9 N–H and O–H groups in total. The number of aliphatic hydroxyl groups is 3. The predicted molar refractivity (Wildman–Crippen MR) is 311 cm³/mol. The number of rotatable bonds is 16. The van der Waals surface area contributed by atoms with E-state index in [0.29, 0.717) is 43.1 Å². The number of carbonyl (C=O) groups excluding carboxylic acids is 4. The van der Waals surface area contributed by atoms with Crippen molar-refractivity contribution < 1.29 is 39.6 Å². The lowest BCUT2D eigenvalue weighted by atomic mass is 9.81. The summed E-state index contributed by atoms with van der Waals surface area (Å²) in [5.41, 5.74) is 2.10. The maximum absolute atomic E-state index is 12.4. The molecule has 422 valence electrons. The van der Waals surface area contributed by atoms with Gasteiger partial charge in [-0.05, 0) is 87.8 Å². The number of hydrogen-bond donors (Lipinski definition) is 9. The minimum atomic E-state index is -1.55. The smallest absolute Gasteiger partial charge is 0.267 e. The fraction of sp³-hybridized carbons (Fsp3) is 0.367. The number of phenols is 1. The third-order valence-electron chi connectivity index (χ3n) is 11.8. The summed E-state index contributed by atoms with van der Waals surface area (Å²) in [6, 6.07) is 27.3. The molecule has 0 spiro atoms. The Morgan fingerprint density at radius 1 is 0.808 bits per heavy atom. The SMILES string of the molecule is CC.CC.CC.CC1=CCC=CC(NC2=C(NCc3ccccc3)C(C)(O)C2=O)=C1O.CC=O.CCN(C)CCNC(=O)c1cccn1C.O=C(c1cccc(Nc2c(NCc3ccccc3)c(=O)c2=O)c1O)N1CC(O)C1. The molecule has 8 rings (SSSR count). The van der Waals surface area contributed by atoms with Gasteiger partial charge in [-0.1, -0.05) is 127 Å². The first-order valence-electron chi connectivity index (χ1n) is 26.4. The van der Waals surface area contributed by atoms with Crippen LogP contribution in [0.1, 0.15) is 108 Å². The van der Waals surface area contributed by atoms with Crippen LogP contribution in [0.2, 0.25) is 0 Å². The largest absolute Gasteiger partial charge is 0.506 e. The summed E-state index contributed by atoms with van der Waals surface area (Å²) in [7, 11) is 3.90. The Morgan fingerprint density at radius 2 is 1.37 bits per heavy atom. The molecule has 2 heterocycles. The second-order valence-corrected chi connectivity index (χ2v) is 17.2. The Morgan fingerprint density at radius 3 is 1.91 bits per heavy atom. The van der Waals surface area contributed by atoms with Crippen molar-refractivity contribution in [2.75, 3.05) is 50.4 Å². The van der Waals surface area contributed by atoms with E-state index < -0.39 is 34.3 Å². The molecule has 1 saturated heterocycles. The number of likely N-dealkylation sites (tertiary alicyclic amines) is 1. The van der Waals surface area contributed by atoms with Crippen LogP contribution in [0.3, 0.4) is 0 Å². The number of ketones is 1. The van der Waals surface area contributed by atoms with E-state index in [9.17, 15) is 44.4 Å². The number of aldehydes is 1. The first kappa shape index (κ1) is 66.1. The summed E-state index contributed by atoms with van der Waals surface area (Å²) in [5, 5.41) is 55.2. The van der Waals surface area contributed by atoms with E-state index in [1.165, 1.54) is 30.9 Å². The summed E-state index contributed by atoms with van der Waals surface area (Å²) >= 11 is 0. The Kier molecular flexibility index (Phi) is 28.7. The van der Waals surface area contributed by atoms with Gasteiger partial charge in [-0.2, -0.15) is 0 Å². The minimum absolute atomic E-state index is 0.00740. The molecule has 1 aromatic heterocycles. The molecule has 2 amide bonds. The molecule has 18 nitrogen and oxygen atoms in total. The molecule has 78 heavy (non-hydrogen) atoms. The predicted octanol–water partition coefficient (Wildman–Crippen LogP) is 7.74. The number of aryl methyl sites for hydroxylation is 1. The molecule has 0 saturated carbocycles. The number of phenolic OH excluding ortho intramolecular Hbond substituents is 1. The van der Waals surface area contributed by atoms with Crippen molar-refractivity contribution in [3.63, 3.8) is 0 Å². The van der Waals surface area contributed by atoms with Crippen LogP contribution in [0.15, 0.2) is 153 Å². The van der Waals surface area contributed by atoms with E-state index in [-0.39, 0.29) is 58.8 Å². The van der Waals surface area contributed by atoms with Crippen LogP contribution >= 0.6 is 0 Å². The number of likely N-dealkylation sites (N-methyl/N-ethyl adjacent to an activating group) is 1. The average molecular weight is 1080 g/mol. The maximum atomic E-state index is 12.4. The third-order valence-corrected chi connectivity index (χ3v) is 11.8. The van der Waals surface area contributed by atoms with Crippen LogP contribution in [-0.4, -0.2) is 110 Å². The van der Waals surface area contributed by atoms with Gasteiger partial charge in [0.2, 0.25) is 5.78 Å². The molecule has 2 aliphatic carbocycles. The molecular weight excluding hydrogens is 993 g/mol. The number of carbonyl (C=O) groups is 4. The molecule has 0 bridgehead atoms. The van der Waals surface area contributed by atoms with Gasteiger partial charge in [-0.15, -0.1) is 0 Å². The van der Waals surface area contributed by atoms with Crippen LogP contribution in [0.4, 0.5) is 17.1 Å². The molecule has 1 atom stereocenters. The summed E-state index contributed by atoms with van der Waals surface area (Å²) in [5.74, 6) is -1.04. The molecule has 1 unspecified atom stereocenters. The molecule has 18 heteroatoms. The summed E-state index contributed by atoms with van der Waals surface area (Å²) in [6.45, 7) is 22.7. The van der Waals surface area contributed by atoms with Gasteiger partial charge >= 0.3 is 0 Å². The van der Waals surface area contributed by atoms with Gasteiger partial charge in [0, 0.05) is 52.5 Å². The van der Waals surface area contributed by atoms with Crippen molar-refractivity contribution in [2.45, 2.75) is 100 Å². The van der Waals surface area contributed by atoms with E-state index in [1.807, 2.05) is 158 Å². The van der Waals surface area contributed by atoms with E-state index >= 15 is 0 Å². The average Bonchev–Trinajstić information content (AvgIpc) is 3.83. The van der Waals surface area contributed by atoms with Gasteiger partial charge in [0.15, 0.2) is 11.4 Å². The molecule has 0 radical (unpaired) electrons. The lowest BCUT2D eigenvalue weighted by molar-refractivity contribution is -0.133. The number of nitrogens with one attached hydrogen (secondary N) is 5. The highest BCUT2D eigenvalue weighted by molar-refractivity contribution is 6.11. The van der Waals surface area contributed by atoms with Crippen molar-refractivity contribution in [1.29, 1.82) is 0 Å². The summed E-state index contributed by atoms with van der Waals surface area (Å²) in [6.07, 6.45) is 8.32. The number of aliphatic hydroxyl groups excluding tert-OH is 2. The van der Waals surface area contributed by atoms with E-state index in [0.717, 1.165) is 36.1 Å². The Hall–Kier alpha value is -8.06. The van der Waals surface area contributed by atoms with Crippen molar-refractivity contribution >= 4 is 40.9 Å². The van der Waals surface area contributed by atoms with Crippen molar-refractivity contribution in [3.05, 3.63) is 187 Å². The highest BCUT2D eigenvalue weighted by Gasteiger charge is 2.49. The van der Waals surface area contributed by atoms with Gasteiger partial charge in [0.05, 0.1) is 28.7 Å². The number of para-hydroxylation sites is 1. The zero-order valence-corrected chi connectivity index (χ0v) is 47.4. The van der Waals surface area contributed by atoms with Crippen LogP contribution in [0.25, 0.3) is 0 Å². The molecule has 5 aromatic rings. The lowest BCUT2D eigenvalue weighted by Crippen LogP contribution is -2.56. The molecular formula is C60H82N8O10. The highest BCUT2D eigenvalue weighted by atomic mass is 16.3. The number of β-amino-alcohol motifs (C(OH)–C–C–N with tert-alkyl or cyclic N) is 1. The number of benzene rings is 3. The summed E-state index contributed by atoms with van der Waals surface area (Å²) < 4.78 is 1.82. The number of nitrogens with zero attached hydrogens (tertiary/aromatic N) is 3. The number of anilines is 3. The number of amides is 2. The van der Waals surface area contributed by atoms with Crippen molar-refractivity contribution in [3.8, 4) is 5.75 Å². The van der Waals surface area contributed by atoms with Gasteiger partial charge in [0.1, 0.15) is 34.8 Å². The first-order chi connectivity index (χ1) is 37.4. The fourth-order valence-electron chi connectivity index (χ4n) is 7.39. The normalized spacial score (nSPS) is 15.0. The standard InChI is InChI=1S/C21H19N3O5.C20H22N2O3.C11H19N3O.C2H4O.3C2H6/c25-13-10-24(11-13)21(29)14-7-4-8-15(18(14)26)23-17-16(19(27)20(17)28)22-9-12-5-2-1-3-6-12;1-13-8-6-7-11-15(17(13)23)22-16-18(20(2,25)19(16)24)21-12-14-9-4-3-5-10-14;1-4-13(2)9-7-12-11(15)10-6-5-8-14(10)3;1-2-3;3*1-2/h1-8,13,22-23,25-26H,9-11H2;3-5,7-11,21-23,25H,6,12H2,1-2H3;5-6,8H,4,7,9H2,1-3H3,(H,12,15);2H,1H3;3*1-2H3. The topological polar surface area (TPSA) is 255 Å². The molecule has 3 aliphatic rings. The second kappa shape index (κ2) is 33.9. The summed E-state index contributed by atoms with van der Waals surface area (Å²) in [4.78, 5) is 72.7. The fourth-order valence-corrected chi connectivity index (χ4v) is 7.39. The highest BCUT2D eigenvalue weighted by Crippen LogP contribution is 2.34. The van der Waals surface area contributed by atoms with Crippen molar-refractivity contribution in [1.82, 2.24) is 30.3 Å². The minimum Gasteiger partial charge on any atom is -0.506 e. The quantitative estimate of drug-likeness (QED) is 0.0260. The monoisotopic (exact) mass is 1070 g/mol. The number of Topliss-reactive ketones (excluding diaryl/α,β-unsaturated/α-hetero) is 1. The number of aromatic nitrogens is 1. The van der Waals surface area contributed by atoms with E-state index in [4.69, 9.17) is 4.79 Å². The second-order valence-electron chi connectivity index (χ2n) is 17.2. The Labute approximate surface area is 459 Å². The van der Waals surface area contributed by atoms with E-state index in [2.05, 4.69) is 38.4 Å². The lowest BCUT2D eigenvalue weighted by Gasteiger charge is -2.38.